The van der Waals surface area contributed by atoms with Gasteiger partial charge in [0.05, 0.1) is 21.3 Å². The maximum atomic E-state index is 13.7. The molecule has 0 atom stereocenters. The minimum atomic E-state index is -0.437. The highest BCUT2D eigenvalue weighted by Crippen LogP contribution is 2.38. The van der Waals surface area contributed by atoms with Crippen LogP contribution in [0.4, 0.5) is 0 Å². The Morgan fingerprint density at radius 1 is 0.946 bits per heavy atom. The van der Waals surface area contributed by atoms with Crippen molar-refractivity contribution in [3.63, 3.8) is 0 Å². The largest absolute Gasteiger partial charge is 0.493 e. The molecule has 1 fully saturated rings. The van der Waals surface area contributed by atoms with Crippen LogP contribution in [0.1, 0.15) is 48.5 Å². The van der Waals surface area contributed by atoms with Crippen LogP contribution in [-0.4, -0.2) is 55.7 Å². The summed E-state index contributed by atoms with van der Waals surface area (Å²) >= 11 is 0. The fourth-order valence-corrected chi connectivity index (χ4v) is 4.81. The summed E-state index contributed by atoms with van der Waals surface area (Å²) in [6.45, 7) is 4.22. The van der Waals surface area contributed by atoms with Crippen LogP contribution < -0.4 is 19.5 Å². The number of likely N-dealkylation sites (tertiary alicyclic amines) is 1. The zero-order valence-corrected chi connectivity index (χ0v) is 22.0. The van der Waals surface area contributed by atoms with E-state index in [-0.39, 0.29) is 11.6 Å². The van der Waals surface area contributed by atoms with Crippen molar-refractivity contribution in [1.29, 1.82) is 0 Å². The van der Waals surface area contributed by atoms with Crippen molar-refractivity contribution in [2.45, 2.75) is 39.2 Å². The van der Waals surface area contributed by atoms with E-state index in [4.69, 9.17) is 14.2 Å². The summed E-state index contributed by atoms with van der Waals surface area (Å²) in [6, 6.07) is 11.2. The Bertz CT molecular complexity index is 1280. The summed E-state index contributed by atoms with van der Waals surface area (Å²) in [4.78, 5) is 29.1. The van der Waals surface area contributed by atoms with Gasteiger partial charge in [0.15, 0.2) is 11.5 Å². The quantitative estimate of drug-likeness (QED) is 0.442. The summed E-state index contributed by atoms with van der Waals surface area (Å²) in [5.74, 6) is 0.499. The molecule has 2 heterocycles. The maximum Gasteiger partial charge on any atom is 0.270 e. The molecule has 0 radical (unpaired) electrons. The van der Waals surface area contributed by atoms with Crippen LogP contribution in [0.15, 0.2) is 48.3 Å². The second-order valence-corrected chi connectivity index (χ2v) is 9.02. The minimum absolute atomic E-state index is 0.184. The van der Waals surface area contributed by atoms with Gasteiger partial charge >= 0.3 is 0 Å². The zero-order valence-electron chi connectivity index (χ0n) is 22.0. The number of fused-ring (bicyclic) bond motifs is 1. The monoisotopic (exact) mass is 505 g/mol. The topological polar surface area (TPSA) is 82.0 Å². The molecular formula is C29H35N3O5. The van der Waals surface area contributed by atoms with E-state index in [0.717, 1.165) is 48.7 Å². The number of methoxy groups -OCH3 is 3. The number of nitrogens with zero attached hydrogens (tertiary/aromatic N) is 2. The Hall–Kier alpha value is -3.94. The molecule has 1 saturated heterocycles. The zero-order chi connectivity index (χ0) is 26.4. The first-order valence-electron chi connectivity index (χ1n) is 12.7. The smallest absolute Gasteiger partial charge is 0.270 e. The molecule has 2 aromatic carbocycles. The van der Waals surface area contributed by atoms with Crippen molar-refractivity contribution in [2.75, 3.05) is 34.4 Å². The van der Waals surface area contributed by atoms with Crippen molar-refractivity contribution < 1.29 is 23.8 Å². The van der Waals surface area contributed by atoms with Crippen LogP contribution in [-0.2, 0) is 11.3 Å². The Kier molecular flexibility index (Phi) is 8.38. The Labute approximate surface area is 217 Å². The summed E-state index contributed by atoms with van der Waals surface area (Å²) in [7, 11) is 4.50. The summed E-state index contributed by atoms with van der Waals surface area (Å²) < 4.78 is 18.3. The lowest BCUT2D eigenvalue weighted by atomic mass is 10.1. The van der Waals surface area contributed by atoms with Gasteiger partial charge in [0.2, 0.25) is 5.75 Å². The first-order valence-corrected chi connectivity index (χ1v) is 12.7. The Morgan fingerprint density at radius 2 is 1.59 bits per heavy atom. The number of nitrogens with one attached hydrogen (secondary N) is 1. The second-order valence-electron chi connectivity index (χ2n) is 9.02. The molecule has 8 heteroatoms. The van der Waals surface area contributed by atoms with E-state index < -0.39 is 5.91 Å². The number of amides is 2. The average molecular weight is 506 g/mol. The van der Waals surface area contributed by atoms with Gasteiger partial charge in [-0.25, -0.2) is 0 Å². The van der Waals surface area contributed by atoms with E-state index in [2.05, 4.69) is 22.9 Å². The highest BCUT2D eigenvalue weighted by Gasteiger charge is 2.24. The molecule has 0 saturated carbocycles. The summed E-state index contributed by atoms with van der Waals surface area (Å²) in [5.41, 5.74) is 2.48. The first kappa shape index (κ1) is 26.1. The number of para-hydroxylation sites is 1. The van der Waals surface area contributed by atoms with Crippen LogP contribution in [0.25, 0.3) is 17.0 Å². The van der Waals surface area contributed by atoms with Gasteiger partial charge in [-0.05, 0) is 44.0 Å². The number of hydrogen-bond acceptors (Lipinski definition) is 5. The third-order valence-electron chi connectivity index (χ3n) is 6.76. The van der Waals surface area contributed by atoms with Gasteiger partial charge in [-0.3, -0.25) is 9.59 Å². The third kappa shape index (κ3) is 5.58. The molecule has 0 bridgehead atoms. The average Bonchev–Trinajstić information content (AvgIpc) is 3.08. The maximum absolute atomic E-state index is 13.7. The molecule has 4 rings (SSSR count). The van der Waals surface area contributed by atoms with Gasteiger partial charge in [0, 0.05) is 47.9 Å². The van der Waals surface area contributed by atoms with E-state index in [9.17, 15) is 9.59 Å². The van der Waals surface area contributed by atoms with Crippen LogP contribution in [0.3, 0.4) is 0 Å². The van der Waals surface area contributed by atoms with Crippen molar-refractivity contribution >= 4 is 28.8 Å². The number of aromatic nitrogens is 1. The van der Waals surface area contributed by atoms with Crippen molar-refractivity contribution in [3.05, 3.63) is 59.4 Å². The van der Waals surface area contributed by atoms with E-state index >= 15 is 0 Å². The molecule has 196 valence electrons. The lowest BCUT2D eigenvalue weighted by Crippen LogP contribution is -2.39. The number of carbonyl (C=O) groups excluding carboxylic acids is 2. The summed E-state index contributed by atoms with van der Waals surface area (Å²) in [6.07, 6.45) is 7.92. The lowest BCUT2D eigenvalue weighted by molar-refractivity contribution is -0.127. The van der Waals surface area contributed by atoms with Gasteiger partial charge < -0.3 is 29.0 Å². The van der Waals surface area contributed by atoms with Gasteiger partial charge in [-0.15, -0.1) is 0 Å². The first-order chi connectivity index (χ1) is 18.0. The second kappa shape index (κ2) is 11.9. The Balaban J connectivity index is 1.75. The molecule has 1 aliphatic heterocycles. The third-order valence-corrected chi connectivity index (χ3v) is 6.76. The number of hydrogen-bond donors (Lipinski definition) is 1. The number of rotatable bonds is 8. The predicted molar refractivity (Wildman–Crippen MR) is 144 cm³/mol. The molecule has 37 heavy (non-hydrogen) atoms. The Morgan fingerprint density at radius 3 is 2.19 bits per heavy atom. The highest BCUT2D eigenvalue weighted by atomic mass is 16.5. The van der Waals surface area contributed by atoms with E-state index in [0.29, 0.717) is 35.9 Å². The predicted octanol–water partition coefficient (Wildman–Crippen LogP) is 4.86. The lowest BCUT2D eigenvalue weighted by Gasteiger charge is -2.22. The van der Waals surface area contributed by atoms with Crippen LogP contribution in [0.5, 0.6) is 17.2 Å². The van der Waals surface area contributed by atoms with Crippen molar-refractivity contribution in [3.8, 4) is 17.2 Å². The number of aryl methyl sites for hydroxylation is 1. The molecule has 1 N–H and O–H groups in total. The van der Waals surface area contributed by atoms with Gasteiger partial charge in [-0.1, -0.05) is 31.0 Å². The van der Waals surface area contributed by atoms with Crippen LogP contribution in [0, 0.1) is 0 Å². The number of ether oxygens (including phenoxy) is 3. The number of benzene rings is 2. The van der Waals surface area contributed by atoms with E-state index in [1.807, 2.05) is 29.3 Å². The van der Waals surface area contributed by atoms with Gasteiger partial charge in [0.25, 0.3) is 11.8 Å². The van der Waals surface area contributed by atoms with E-state index in [1.165, 1.54) is 21.3 Å². The molecule has 8 nitrogen and oxygen atoms in total. The molecule has 0 unspecified atom stereocenters. The standard InChI is InChI=1S/C29H35N3O5/c1-5-31-19-21(22-12-8-9-13-24(22)31)16-23(29(34)32-14-10-6-7-11-15-32)30-28(33)20-17-25(35-2)27(37-4)26(18-20)36-3/h8-9,12-13,16-19H,5-7,10-11,14-15H2,1-4H3,(H,30,33)/b23-16-. The SMILES string of the molecule is CCn1cc(/C=C(\NC(=O)c2cc(OC)c(OC)c(OC)c2)C(=O)N2CCCCCC2)c2ccccc21. The molecular weight excluding hydrogens is 470 g/mol. The molecule has 0 spiro atoms. The van der Waals surface area contributed by atoms with Crippen LogP contribution in [0.2, 0.25) is 0 Å². The fourth-order valence-electron chi connectivity index (χ4n) is 4.81. The summed E-state index contributed by atoms with van der Waals surface area (Å²) in [5, 5.41) is 3.92. The van der Waals surface area contributed by atoms with Gasteiger partial charge in [0.1, 0.15) is 5.70 Å². The fraction of sp³-hybridized carbons (Fsp3) is 0.379. The normalized spacial score (nSPS) is 14.3. The molecule has 1 aromatic heterocycles. The van der Waals surface area contributed by atoms with Crippen molar-refractivity contribution in [1.82, 2.24) is 14.8 Å². The van der Waals surface area contributed by atoms with Crippen molar-refractivity contribution in [2.24, 2.45) is 0 Å². The van der Waals surface area contributed by atoms with Gasteiger partial charge in [-0.2, -0.15) is 0 Å². The molecule has 2 amide bonds. The molecule has 1 aliphatic rings. The number of carbonyl (C=O) groups is 2. The highest BCUT2D eigenvalue weighted by molar-refractivity contribution is 6.07. The van der Waals surface area contributed by atoms with Crippen LogP contribution >= 0.6 is 0 Å². The molecule has 3 aromatic rings. The molecule has 0 aliphatic carbocycles. The minimum Gasteiger partial charge on any atom is -0.493 e. The van der Waals surface area contributed by atoms with E-state index in [1.54, 1.807) is 18.2 Å².